The van der Waals surface area contributed by atoms with Gasteiger partial charge in [0.1, 0.15) is 28.4 Å². The predicted molar refractivity (Wildman–Crippen MR) is 170 cm³/mol. The van der Waals surface area contributed by atoms with Gasteiger partial charge < -0.3 is 15.2 Å². The molecule has 0 bridgehead atoms. The Kier molecular flexibility index (Phi) is 9.83. The quantitative estimate of drug-likeness (QED) is 0.188. The summed E-state index contributed by atoms with van der Waals surface area (Å²) in [5, 5.41) is 15.1. The number of carbonyl (C=O) groups excluding carboxylic acids is 2. The first-order valence-electron chi connectivity index (χ1n) is 16.0. The number of aryl methyl sites for hydroxylation is 1. The molecular formula is C35H44F2N5O4+. The second-order valence-electron chi connectivity index (χ2n) is 13.5. The summed E-state index contributed by atoms with van der Waals surface area (Å²) in [6.45, 7) is 6.91. The Morgan fingerprint density at radius 2 is 1.80 bits per heavy atom. The smallest absolute Gasteiger partial charge is 0.319 e. The van der Waals surface area contributed by atoms with Crippen LogP contribution in [-0.2, 0) is 19.9 Å². The van der Waals surface area contributed by atoms with Crippen molar-refractivity contribution >= 4 is 23.4 Å². The van der Waals surface area contributed by atoms with Gasteiger partial charge in [-0.15, -0.1) is 0 Å². The largest absolute Gasteiger partial charge is 0.414 e. The molecule has 46 heavy (non-hydrogen) atoms. The zero-order valence-electron chi connectivity index (χ0n) is 27.1. The van der Waals surface area contributed by atoms with Gasteiger partial charge in [0.25, 0.3) is 6.43 Å². The highest BCUT2D eigenvalue weighted by Crippen LogP contribution is 2.50. The molecule has 3 aromatic heterocycles. The van der Waals surface area contributed by atoms with E-state index in [1.54, 1.807) is 32.2 Å². The fourth-order valence-electron chi connectivity index (χ4n) is 6.86. The van der Waals surface area contributed by atoms with E-state index in [4.69, 9.17) is 4.74 Å². The highest BCUT2D eigenvalue weighted by molar-refractivity contribution is 5.79. The number of esters is 1. The number of ether oxygens (including phenoxy) is 1. The van der Waals surface area contributed by atoms with Crippen LogP contribution in [0.1, 0.15) is 82.0 Å². The molecule has 1 aliphatic carbocycles. The zero-order chi connectivity index (χ0) is 33.1. The molecule has 4 heterocycles. The first-order chi connectivity index (χ1) is 21.8. The Bertz CT molecular complexity index is 1550. The van der Waals surface area contributed by atoms with Crippen LogP contribution in [0, 0.1) is 18.3 Å². The van der Waals surface area contributed by atoms with E-state index in [0.717, 1.165) is 50.8 Å². The van der Waals surface area contributed by atoms with E-state index >= 15 is 0 Å². The minimum absolute atomic E-state index is 0.0706. The highest BCUT2D eigenvalue weighted by atomic mass is 19.3. The van der Waals surface area contributed by atoms with E-state index in [-0.39, 0.29) is 29.8 Å². The van der Waals surface area contributed by atoms with Crippen molar-refractivity contribution in [1.82, 2.24) is 15.0 Å². The number of nitrogens with zero attached hydrogens (tertiary/aromatic N) is 4. The number of pyridine rings is 3. The summed E-state index contributed by atoms with van der Waals surface area (Å²) in [4.78, 5) is 39.2. The molecule has 3 aromatic rings. The lowest BCUT2D eigenvalue weighted by Gasteiger charge is -2.46. The Labute approximate surface area is 269 Å². The molecular weight excluding hydrogens is 592 g/mol. The maximum absolute atomic E-state index is 13.9. The fourth-order valence-corrected chi connectivity index (χ4v) is 6.86. The molecule has 1 aliphatic heterocycles. The van der Waals surface area contributed by atoms with Gasteiger partial charge in [0.05, 0.1) is 31.5 Å². The number of nitrogens with one attached hydrogen (secondary N) is 1. The maximum Gasteiger partial charge on any atom is 0.319 e. The van der Waals surface area contributed by atoms with Crippen LogP contribution < -0.4 is 5.32 Å². The first-order valence-corrected chi connectivity index (χ1v) is 16.0. The second-order valence-corrected chi connectivity index (χ2v) is 13.5. The number of likely N-dealkylation sites (tertiary alicyclic amines) is 1. The van der Waals surface area contributed by atoms with Gasteiger partial charge in [-0.05, 0) is 75.6 Å². The van der Waals surface area contributed by atoms with E-state index < -0.39 is 23.4 Å². The van der Waals surface area contributed by atoms with Crippen molar-refractivity contribution < 1.29 is 32.7 Å². The minimum Gasteiger partial charge on any atom is -0.414 e. The van der Waals surface area contributed by atoms with Crippen molar-refractivity contribution in [2.75, 3.05) is 32.2 Å². The molecule has 2 fully saturated rings. The topological polar surface area (TPSA) is 114 Å². The number of piperidine rings is 1. The molecule has 1 atom stereocenters. The van der Waals surface area contributed by atoms with Crippen LogP contribution >= 0.6 is 0 Å². The molecule has 11 heteroatoms. The number of quaternary nitrogens is 1. The third-order valence-corrected chi connectivity index (χ3v) is 9.97. The van der Waals surface area contributed by atoms with Crippen LogP contribution in [0.25, 0.3) is 11.3 Å². The highest BCUT2D eigenvalue weighted by Gasteiger charge is 2.56. The van der Waals surface area contributed by atoms with E-state index in [9.17, 15) is 23.5 Å². The summed E-state index contributed by atoms with van der Waals surface area (Å²) >= 11 is 0. The van der Waals surface area contributed by atoms with Crippen LogP contribution in [0.2, 0.25) is 0 Å². The number of ketones is 1. The Morgan fingerprint density at radius 1 is 1.09 bits per heavy atom. The average molecular weight is 637 g/mol. The Hall–Kier alpha value is -3.83. The van der Waals surface area contributed by atoms with Crippen molar-refractivity contribution in [2.24, 2.45) is 11.3 Å². The molecule has 9 nitrogen and oxygen atoms in total. The van der Waals surface area contributed by atoms with Crippen LogP contribution in [0.3, 0.4) is 0 Å². The molecule has 0 radical (unpaired) electrons. The van der Waals surface area contributed by atoms with Crippen LogP contribution in [0.5, 0.6) is 0 Å². The van der Waals surface area contributed by atoms with E-state index in [1.807, 2.05) is 26.1 Å². The summed E-state index contributed by atoms with van der Waals surface area (Å²) in [5.74, 6) is 0.575. The van der Waals surface area contributed by atoms with E-state index in [2.05, 4.69) is 20.3 Å². The summed E-state index contributed by atoms with van der Waals surface area (Å²) in [6, 6.07) is 9.77. The van der Waals surface area contributed by atoms with E-state index in [0.29, 0.717) is 40.1 Å². The number of hydrogen-bond donors (Lipinski definition) is 2. The van der Waals surface area contributed by atoms with Crippen molar-refractivity contribution in [3.63, 3.8) is 0 Å². The van der Waals surface area contributed by atoms with Gasteiger partial charge in [-0.1, -0.05) is 19.3 Å². The monoisotopic (exact) mass is 636 g/mol. The van der Waals surface area contributed by atoms with Gasteiger partial charge in [0.2, 0.25) is 6.73 Å². The average Bonchev–Trinajstić information content (AvgIpc) is 3.04. The van der Waals surface area contributed by atoms with Crippen LogP contribution in [0.15, 0.2) is 48.8 Å². The fraction of sp³-hybridized carbons (Fsp3) is 0.514. The van der Waals surface area contributed by atoms with Gasteiger partial charge in [0.15, 0.2) is 0 Å². The normalized spacial score (nSPS) is 22.6. The maximum atomic E-state index is 13.9. The molecule has 0 amide bonds. The molecule has 2 N–H and O–H groups in total. The number of aliphatic hydroxyl groups is 1. The molecule has 0 spiro atoms. The first kappa shape index (κ1) is 33.5. The lowest BCUT2D eigenvalue weighted by molar-refractivity contribution is -0.930. The number of alkyl halides is 2. The molecule has 5 rings (SSSR count). The summed E-state index contributed by atoms with van der Waals surface area (Å²) in [7, 11) is 2.05. The van der Waals surface area contributed by atoms with Gasteiger partial charge in [-0.25, -0.2) is 18.7 Å². The van der Waals surface area contributed by atoms with Crippen molar-refractivity contribution in [3.8, 4) is 11.3 Å². The summed E-state index contributed by atoms with van der Waals surface area (Å²) in [6.07, 6.45) is 5.46. The number of carbonyl (C=O) groups is 2. The third-order valence-electron chi connectivity index (χ3n) is 9.97. The van der Waals surface area contributed by atoms with Crippen LogP contribution in [-0.4, -0.2) is 63.2 Å². The molecule has 1 saturated heterocycles. The summed E-state index contributed by atoms with van der Waals surface area (Å²) in [5.41, 5.74) is -0.319. The Balaban J connectivity index is 1.34. The standard InChI is InChI=1S/C35H44F2N5O4/c1-23-18-28(40-31(19-23)41-30-20-26(32(36)37)10-15-38-30)27-8-9-29(39-21-27)34(3,45)35(13-6-5-7-14-35)33(44)46-22-42(4)16-11-25(12-17-42)24(2)43/h8-10,15,18-21,25,32,45H,5-7,11-14,16-17,22H2,1-4H3,(H,38,40,41)/q+1/t25-,34-,42-/m0/s1. The molecule has 1 saturated carbocycles. The SMILES string of the molecule is Cc1cc(Nc2cc(C(F)F)ccn2)nc(-c2ccc([C@](C)(O)C3(C(=O)OC[N@+]4(C)CC[C@@H](C(C)=O)CC4)CCCCC3)nc2)c1. The zero-order valence-corrected chi connectivity index (χ0v) is 27.1. The van der Waals surface area contributed by atoms with E-state index in [1.165, 1.54) is 18.3 Å². The molecule has 2 aliphatic rings. The van der Waals surface area contributed by atoms with Gasteiger partial charge in [-0.3, -0.25) is 19.1 Å². The predicted octanol–water partition coefficient (Wildman–Crippen LogP) is 6.63. The molecule has 246 valence electrons. The number of anilines is 2. The summed E-state index contributed by atoms with van der Waals surface area (Å²) < 4.78 is 32.9. The Morgan fingerprint density at radius 3 is 2.43 bits per heavy atom. The van der Waals surface area contributed by atoms with Crippen molar-refractivity contribution in [3.05, 3.63) is 65.6 Å². The van der Waals surface area contributed by atoms with Gasteiger partial charge >= 0.3 is 5.97 Å². The van der Waals surface area contributed by atoms with Crippen molar-refractivity contribution in [1.29, 1.82) is 0 Å². The minimum atomic E-state index is -2.61. The lowest BCUT2D eigenvalue weighted by atomic mass is 9.62. The van der Waals surface area contributed by atoms with Gasteiger partial charge in [-0.2, -0.15) is 0 Å². The van der Waals surface area contributed by atoms with Crippen molar-refractivity contribution in [2.45, 2.75) is 77.7 Å². The third kappa shape index (κ3) is 7.10. The number of hydrogen-bond acceptors (Lipinski definition) is 8. The molecule has 0 aromatic carbocycles. The number of aromatic nitrogens is 3. The number of rotatable bonds is 10. The van der Waals surface area contributed by atoms with Gasteiger partial charge in [0, 0.05) is 42.3 Å². The second kappa shape index (κ2) is 13.5. The van der Waals surface area contributed by atoms with Crippen LogP contribution in [0.4, 0.5) is 20.4 Å². The molecule has 0 unspecified atom stereocenters. The number of halogens is 2. The number of Topliss-reactive ketones (excluding diaryl/α,β-unsaturated/α-hetero) is 1. The lowest BCUT2D eigenvalue weighted by Crippen LogP contribution is -2.55.